The number of hydrogen-bond acceptors (Lipinski definition) is 6. The van der Waals surface area contributed by atoms with Crippen molar-refractivity contribution in [3.8, 4) is 0 Å². The minimum absolute atomic E-state index is 0.0618. The van der Waals surface area contributed by atoms with Crippen LogP contribution in [-0.2, 0) is 28.6 Å². The maximum atomic E-state index is 12.9. The van der Waals surface area contributed by atoms with Crippen molar-refractivity contribution in [3.63, 3.8) is 0 Å². The van der Waals surface area contributed by atoms with E-state index in [0.29, 0.717) is 19.3 Å². The summed E-state index contributed by atoms with van der Waals surface area (Å²) in [4.78, 5) is 38.3. The first-order valence-corrected chi connectivity index (χ1v) is 32.2. The van der Waals surface area contributed by atoms with Crippen LogP contribution in [-0.4, -0.2) is 37.2 Å². The molecule has 0 unspecified atom stereocenters. The average molecular weight is 1000 g/mol. The SMILES string of the molecule is CCCCCCCCCCCCCCCCCCCCC(=O)OC[C@H](COC(=O)CCCCCCCCCCCCCCCCCCC(C)C)OC(=O)CCCCCCCCCCCCCCCC(C)C. The predicted octanol–water partition coefficient (Wildman–Crippen LogP) is 21.6. The Labute approximate surface area is 444 Å². The van der Waals surface area contributed by atoms with E-state index < -0.39 is 6.10 Å². The molecule has 0 fully saturated rings. The van der Waals surface area contributed by atoms with E-state index in [-0.39, 0.29) is 31.1 Å². The third kappa shape index (κ3) is 59.2. The summed E-state index contributed by atoms with van der Waals surface area (Å²) < 4.78 is 17.0. The van der Waals surface area contributed by atoms with Gasteiger partial charge in [-0.05, 0) is 31.1 Å². The second-order valence-corrected chi connectivity index (χ2v) is 23.4. The first-order valence-electron chi connectivity index (χ1n) is 32.2. The normalized spacial score (nSPS) is 12.0. The molecular formula is C65H126O6. The molecule has 1 atom stereocenters. The van der Waals surface area contributed by atoms with Crippen molar-refractivity contribution >= 4 is 17.9 Å². The van der Waals surface area contributed by atoms with Gasteiger partial charge in [0.15, 0.2) is 6.10 Å². The van der Waals surface area contributed by atoms with Crippen LogP contribution in [0, 0.1) is 11.8 Å². The third-order valence-electron chi connectivity index (χ3n) is 15.0. The van der Waals surface area contributed by atoms with Crippen molar-refractivity contribution in [1.29, 1.82) is 0 Å². The first-order chi connectivity index (χ1) is 34.7. The van der Waals surface area contributed by atoms with Crippen LogP contribution >= 0.6 is 0 Å². The van der Waals surface area contributed by atoms with E-state index in [1.54, 1.807) is 0 Å². The van der Waals surface area contributed by atoms with Crippen LogP contribution in [0.3, 0.4) is 0 Å². The predicted molar refractivity (Wildman–Crippen MR) is 307 cm³/mol. The van der Waals surface area contributed by atoms with Crippen molar-refractivity contribution in [1.82, 2.24) is 0 Å². The minimum atomic E-state index is -0.764. The largest absolute Gasteiger partial charge is 0.462 e. The van der Waals surface area contributed by atoms with Crippen molar-refractivity contribution in [3.05, 3.63) is 0 Å². The van der Waals surface area contributed by atoms with Crippen LogP contribution in [0.5, 0.6) is 0 Å². The van der Waals surface area contributed by atoms with Gasteiger partial charge in [-0.15, -0.1) is 0 Å². The molecule has 0 radical (unpaired) electrons. The third-order valence-corrected chi connectivity index (χ3v) is 15.0. The molecule has 0 heterocycles. The smallest absolute Gasteiger partial charge is 0.306 e. The molecule has 71 heavy (non-hydrogen) atoms. The van der Waals surface area contributed by atoms with E-state index in [9.17, 15) is 14.4 Å². The Morgan fingerprint density at radius 2 is 0.465 bits per heavy atom. The fourth-order valence-electron chi connectivity index (χ4n) is 10.1. The second kappa shape index (κ2) is 57.7. The Hall–Kier alpha value is -1.59. The topological polar surface area (TPSA) is 78.9 Å². The van der Waals surface area contributed by atoms with E-state index in [4.69, 9.17) is 14.2 Å². The molecule has 0 spiro atoms. The monoisotopic (exact) mass is 1000 g/mol. The highest BCUT2D eigenvalue weighted by atomic mass is 16.6. The van der Waals surface area contributed by atoms with Gasteiger partial charge in [0.2, 0.25) is 0 Å². The van der Waals surface area contributed by atoms with Crippen LogP contribution in [0.1, 0.15) is 369 Å². The fourth-order valence-corrected chi connectivity index (χ4v) is 10.1. The van der Waals surface area contributed by atoms with Crippen molar-refractivity contribution in [2.45, 2.75) is 375 Å². The Morgan fingerprint density at radius 3 is 0.690 bits per heavy atom. The molecule has 422 valence electrons. The summed E-state index contributed by atoms with van der Waals surface area (Å²) >= 11 is 0. The first kappa shape index (κ1) is 69.4. The molecule has 0 saturated heterocycles. The van der Waals surface area contributed by atoms with Gasteiger partial charge in [-0.3, -0.25) is 14.4 Å². The zero-order valence-electron chi connectivity index (χ0n) is 48.9. The van der Waals surface area contributed by atoms with Gasteiger partial charge in [0.05, 0.1) is 0 Å². The summed E-state index contributed by atoms with van der Waals surface area (Å²) in [5.74, 6) is 0.860. The van der Waals surface area contributed by atoms with Gasteiger partial charge in [-0.25, -0.2) is 0 Å². The zero-order valence-corrected chi connectivity index (χ0v) is 48.9. The zero-order chi connectivity index (χ0) is 51.8. The Balaban J connectivity index is 4.28. The number of hydrogen-bond donors (Lipinski definition) is 0. The van der Waals surface area contributed by atoms with E-state index in [0.717, 1.165) is 69.6 Å². The summed E-state index contributed by atoms with van der Waals surface area (Å²) in [5, 5.41) is 0. The lowest BCUT2D eigenvalue weighted by atomic mass is 10.0. The molecule has 0 aromatic rings. The summed E-state index contributed by atoms with van der Waals surface area (Å²) in [5.41, 5.74) is 0. The highest BCUT2D eigenvalue weighted by molar-refractivity contribution is 5.71. The molecule has 0 saturated carbocycles. The maximum absolute atomic E-state index is 12.9. The van der Waals surface area contributed by atoms with Gasteiger partial charge < -0.3 is 14.2 Å². The van der Waals surface area contributed by atoms with Gasteiger partial charge in [0.1, 0.15) is 13.2 Å². The Bertz CT molecular complexity index is 1090. The Morgan fingerprint density at radius 1 is 0.268 bits per heavy atom. The number of carbonyl (C=O) groups excluding carboxylic acids is 3. The van der Waals surface area contributed by atoms with Crippen LogP contribution in [0.4, 0.5) is 0 Å². The molecule has 0 aromatic heterocycles. The molecule has 6 nitrogen and oxygen atoms in total. The number of rotatable bonds is 59. The van der Waals surface area contributed by atoms with Gasteiger partial charge in [-0.2, -0.15) is 0 Å². The fraction of sp³-hybridized carbons (Fsp3) is 0.954. The maximum Gasteiger partial charge on any atom is 0.306 e. The highest BCUT2D eigenvalue weighted by Crippen LogP contribution is 2.19. The Kier molecular flexibility index (Phi) is 56.4. The van der Waals surface area contributed by atoms with Crippen molar-refractivity contribution in [2.75, 3.05) is 13.2 Å². The molecule has 0 aliphatic heterocycles. The van der Waals surface area contributed by atoms with Crippen molar-refractivity contribution < 1.29 is 28.6 Å². The molecule has 6 heteroatoms. The molecule has 0 aromatic carbocycles. The lowest BCUT2D eigenvalue weighted by Crippen LogP contribution is -2.30. The van der Waals surface area contributed by atoms with E-state index in [1.807, 2.05) is 0 Å². The van der Waals surface area contributed by atoms with Crippen LogP contribution < -0.4 is 0 Å². The second-order valence-electron chi connectivity index (χ2n) is 23.4. The number of esters is 3. The molecule has 0 bridgehead atoms. The molecular weight excluding hydrogens is 877 g/mol. The highest BCUT2D eigenvalue weighted by Gasteiger charge is 2.19. The molecule has 0 aliphatic rings. The number of carbonyl (C=O) groups is 3. The number of unbranched alkanes of at least 4 members (excludes halogenated alkanes) is 44. The van der Waals surface area contributed by atoms with Gasteiger partial charge >= 0.3 is 17.9 Å². The lowest BCUT2D eigenvalue weighted by molar-refractivity contribution is -0.167. The number of ether oxygens (including phenoxy) is 3. The summed E-state index contributed by atoms with van der Waals surface area (Å²) in [6.45, 7) is 11.5. The average Bonchev–Trinajstić information content (AvgIpc) is 3.35. The summed E-state index contributed by atoms with van der Waals surface area (Å²) in [6, 6.07) is 0. The summed E-state index contributed by atoms with van der Waals surface area (Å²) in [7, 11) is 0. The molecule has 0 amide bonds. The van der Waals surface area contributed by atoms with E-state index in [2.05, 4.69) is 34.6 Å². The van der Waals surface area contributed by atoms with Gasteiger partial charge in [0, 0.05) is 19.3 Å². The molecule has 0 N–H and O–H groups in total. The van der Waals surface area contributed by atoms with E-state index >= 15 is 0 Å². The quantitative estimate of drug-likeness (QED) is 0.0343. The molecule has 0 aliphatic carbocycles. The van der Waals surface area contributed by atoms with Gasteiger partial charge in [0.25, 0.3) is 0 Å². The van der Waals surface area contributed by atoms with Crippen molar-refractivity contribution in [2.24, 2.45) is 11.8 Å². The van der Waals surface area contributed by atoms with Crippen LogP contribution in [0.25, 0.3) is 0 Å². The molecule has 0 rings (SSSR count). The minimum Gasteiger partial charge on any atom is -0.462 e. The van der Waals surface area contributed by atoms with Crippen LogP contribution in [0.15, 0.2) is 0 Å². The standard InChI is InChI=1S/C65H126O6/c1-6-7-8-9-10-11-12-13-14-15-16-20-25-30-35-40-45-50-55-63(66)69-58-62(71-65(68)57-52-47-42-37-32-27-22-24-29-34-39-44-49-54-61(4)5)59-70-64(67)56-51-46-41-36-31-26-21-18-17-19-23-28-33-38-43-48-53-60(2)3/h60-62H,6-59H2,1-5H3/t62-/m1/s1. The summed E-state index contributed by atoms with van der Waals surface area (Å²) in [6.07, 6.45) is 63.9. The lowest BCUT2D eigenvalue weighted by Gasteiger charge is -2.18. The van der Waals surface area contributed by atoms with Crippen LogP contribution in [0.2, 0.25) is 0 Å². The van der Waals surface area contributed by atoms with E-state index in [1.165, 1.54) is 257 Å². The van der Waals surface area contributed by atoms with Gasteiger partial charge in [-0.1, -0.05) is 330 Å².